The Morgan fingerprint density at radius 2 is 2.04 bits per heavy atom. The second kappa shape index (κ2) is 6.59. The van der Waals surface area contributed by atoms with E-state index in [0.717, 1.165) is 43.9 Å². The van der Waals surface area contributed by atoms with Gasteiger partial charge >= 0.3 is 0 Å². The van der Waals surface area contributed by atoms with Crippen LogP contribution in [0.15, 0.2) is 11.0 Å². The Morgan fingerprint density at radius 3 is 2.73 bits per heavy atom. The zero-order chi connectivity index (χ0) is 18.3. The Balaban J connectivity index is 1.61. The molecular formula is C18H24N6O2. The van der Waals surface area contributed by atoms with E-state index in [-0.39, 0.29) is 11.5 Å². The number of carbonyl (C=O) groups is 1. The molecule has 1 amide bonds. The third-order valence-electron chi connectivity index (χ3n) is 5.39. The minimum absolute atomic E-state index is 0.0438. The number of rotatable bonds is 3. The summed E-state index contributed by atoms with van der Waals surface area (Å²) in [7, 11) is 0. The van der Waals surface area contributed by atoms with Gasteiger partial charge in [0.1, 0.15) is 0 Å². The second-order valence-corrected chi connectivity index (χ2v) is 6.95. The van der Waals surface area contributed by atoms with Crippen molar-refractivity contribution in [2.75, 3.05) is 24.5 Å². The molecular weight excluding hydrogens is 332 g/mol. The Hall–Kier alpha value is -2.64. The van der Waals surface area contributed by atoms with Gasteiger partial charge in [0.05, 0.1) is 24.0 Å². The van der Waals surface area contributed by atoms with E-state index in [1.165, 1.54) is 0 Å². The van der Waals surface area contributed by atoms with Crippen LogP contribution in [0.2, 0.25) is 0 Å². The number of carbonyl (C=O) groups excluding carboxylic acids is 1. The molecule has 0 atom stereocenters. The molecule has 2 aliphatic rings. The molecule has 0 aliphatic carbocycles. The topological polar surface area (TPSA) is 87.1 Å². The van der Waals surface area contributed by atoms with E-state index in [1.807, 2.05) is 18.5 Å². The summed E-state index contributed by atoms with van der Waals surface area (Å²) in [5, 5.41) is 4.27. The number of nitrogens with zero attached hydrogens (tertiary/aromatic N) is 5. The Bertz CT molecular complexity index is 894. The first-order chi connectivity index (χ1) is 12.6. The molecule has 0 aromatic carbocycles. The van der Waals surface area contributed by atoms with E-state index in [0.29, 0.717) is 36.6 Å². The van der Waals surface area contributed by atoms with Crippen LogP contribution in [0.25, 0.3) is 0 Å². The predicted octanol–water partition coefficient (Wildman–Crippen LogP) is 1.09. The first-order valence-electron chi connectivity index (χ1n) is 9.27. The highest BCUT2D eigenvalue weighted by atomic mass is 16.2. The smallest absolute Gasteiger partial charge is 0.257 e. The van der Waals surface area contributed by atoms with Crippen molar-refractivity contribution < 1.29 is 4.79 Å². The van der Waals surface area contributed by atoms with Crippen molar-refractivity contribution in [3.8, 4) is 0 Å². The lowest BCUT2D eigenvalue weighted by molar-refractivity contribution is 0.0730. The molecule has 1 fully saturated rings. The zero-order valence-electron chi connectivity index (χ0n) is 15.3. The van der Waals surface area contributed by atoms with Crippen LogP contribution in [0, 0.1) is 6.92 Å². The zero-order valence-corrected chi connectivity index (χ0v) is 15.3. The monoisotopic (exact) mass is 356 g/mol. The molecule has 138 valence electrons. The van der Waals surface area contributed by atoms with Gasteiger partial charge in [0.15, 0.2) is 0 Å². The van der Waals surface area contributed by atoms with Crippen molar-refractivity contribution in [2.24, 2.45) is 0 Å². The highest BCUT2D eigenvalue weighted by Crippen LogP contribution is 2.21. The maximum atomic E-state index is 12.9. The van der Waals surface area contributed by atoms with Gasteiger partial charge in [-0.1, -0.05) is 0 Å². The molecule has 0 bridgehead atoms. The number of fused-ring (bicyclic) bond motifs is 1. The number of hydrogen-bond acceptors (Lipinski definition) is 5. The summed E-state index contributed by atoms with van der Waals surface area (Å²) in [5.74, 6) is 0.591. The fourth-order valence-electron chi connectivity index (χ4n) is 3.82. The lowest BCUT2D eigenvalue weighted by Gasteiger charge is -2.28. The van der Waals surface area contributed by atoms with Crippen LogP contribution in [0.4, 0.5) is 5.95 Å². The van der Waals surface area contributed by atoms with Crippen molar-refractivity contribution in [1.29, 1.82) is 0 Å². The van der Waals surface area contributed by atoms with E-state index in [4.69, 9.17) is 0 Å². The molecule has 26 heavy (non-hydrogen) atoms. The highest BCUT2D eigenvalue weighted by Gasteiger charge is 2.28. The molecule has 1 saturated heterocycles. The van der Waals surface area contributed by atoms with Gasteiger partial charge in [-0.25, -0.2) is 4.98 Å². The SMILES string of the molecule is CCn1ncc(C(=O)N2CCc3c(nc(N4CCCC4)[nH]c3=O)C2)c1C. The summed E-state index contributed by atoms with van der Waals surface area (Å²) in [6.07, 6.45) is 4.40. The van der Waals surface area contributed by atoms with Crippen molar-refractivity contribution in [1.82, 2.24) is 24.6 Å². The molecule has 0 spiro atoms. The number of nitrogens with one attached hydrogen (secondary N) is 1. The first kappa shape index (κ1) is 16.8. The number of anilines is 1. The van der Waals surface area contributed by atoms with Crippen molar-refractivity contribution >= 4 is 11.9 Å². The summed E-state index contributed by atoms with van der Waals surface area (Å²) in [5.41, 5.74) is 2.85. The fourth-order valence-corrected chi connectivity index (χ4v) is 3.82. The fraction of sp³-hybridized carbons (Fsp3) is 0.556. The van der Waals surface area contributed by atoms with Crippen LogP contribution in [0.1, 0.15) is 47.1 Å². The standard InChI is InChI=1S/C18H24N6O2/c1-3-24-12(2)14(10-19-24)17(26)23-9-6-13-15(11-23)20-18(21-16(13)25)22-7-4-5-8-22/h10H,3-9,11H2,1-2H3,(H,20,21,25). The summed E-state index contributed by atoms with van der Waals surface area (Å²) in [4.78, 5) is 36.9. The number of hydrogen-bond donors (Lipinski definition) is 1. The Morgan fingerprint density at radius 1 is 1.27 bits per heavy atom. The van der Waals surface area contributed by atoms with Crippen LogP contribution in [0.3, 0.4) is 0 Å². The van der Waals surface area contributed by atoms with Crippen molar-refractivity contribution in [2.45, 2.75) is 46.2 Å². The Labute approximate surface area is 151 Å². The normalized spacial score (nSPS) is 16.8. The molecule has 8 heteroatoms. The Kier molecular flexibility index (Phi) is 4.26. The number of H-pyrrole nitrogens is 1. The van der Waals surface area contributed by atoms with Crippen LogP contribution < -0.4 is 10.5 Å². The summed E-state index contributed by atoms with van der Waals surface area (Å²) >= 11 is 0. The maximum Gasteiger partial charge on any atom is 0.257 e. The molecule has 0 saturated carbocycles. The van der Waals surface area contributed by atoms with Crippen LogP contribution in [-0.4, -0.2) is 50.2 Å². The third kappa shape index (κ3) is 2.79. The average Bonchev–Trinajstić information content (AvgIpc) is 3.30. The largest absolute Gasteiger partial charge is 0.342 e. The van der Waals surface area contributed by atoms with E-state index < -0.39 is 0 Å². The van der Waals surface area contributed by atoms with Gasteiger partial charge in [0, 0.05) is 37.4 Å². The van der Waals surface area contributed by atoms with Crippen molar-refractivity contribution in [3.63, 3.8) is 0 Å². The van der Waals surface area contributed by atoms with Gasteiger partial charge in [0.2, 0.25) is 5.95 Å². The van der Waals surface area contributed by atoms with Gasteiger partial charge in [-0.05, 0) is 33.1 Å². The molecule has 2 aromatic rings. The van der Waals surface area contributed by atoms with Crippen molar-refractivity contribution in [3.05, 3.63) is 39.1 Å². The number of aryl methyl sites for hydroxylation is 1. The molecule has 0 unspecified atom stereocenters. The number of aromatic amines is 1. The van der Waals surface area contributed by atoms with Crippen LogP contribution in [0.5, 0.6) is 0 Å². The third-order valence-corrected chi connectivity index (χ3v) is 5.39. The lowest BCUT2D eigenvalue weighted by Crippen LogP contribution is -2.40. The van der Waals surface area contributed by atoms with Gasteiger partial charge in [-0.15, -0.1) is 0 Å². The summed E-state index contributed by atoms with van der Waals surface area (Å²) in [6.45, 7) is 7.38. The van der Waals surface area contributed by atoms with Gasteiger partial charge in [-0.3, -0.25) is 19.3 Å². The second-order valence-electron chi connectivity index (χ2n) is 6.95. The molecule has 2 aromatic heterocycles. The molecule has 0 radical (unpaired) electrons. The first-order valence-corrected chi connectivity index (χ1v) is 9.27. The predicted molar refractivity (Wildman–Crippen MR) is 97.4 cm³/mol. The maximum absolute atomic E-state index is 12.9. The average molecular weight is 356 g/mol. The van der Waals surface area contributed by atoms with E-state index in [9.17, 15) is 9.59 Å². The van der Waals surface area contributed by atoms with Gasteiger partial charge < -0.3 is 9.80 Å². The van der Waals surface area contributed by atoms with Crippen LogP contribution in [-0.2, 0) is 19.5 Å². The molecule has 4 rings (SSSR count). The van der Waals surface area contributed by atoms with E-state index >= 15 is 0 Å². The van der Waals surface area contributed by atoms with Gasteiger partial charge in [0.25, 0.3) is 11.5 Å². The minimum Gasteiger partial charge on any atom is -0.342 e. The summed E-state index contributed by atoms with van der Waals surface area (Å²) < 4.78 is 1.82. The van der Waals surface area contributed by atoms with Crippen LogP contribution >= 0.6 is 0 Å². The number of amides is 1. The summed E-state index contributed by atoms with van der Waals surface area (Å²) in [6, 6.07) is 0. The lowest BCUT2D eigenvalue weighted by atomic mass is 10.1. The molecule has 4 heterocycles. The molecule has 8 nitrogen and oxygen atoms in total. The molecule has 1 N–H and O–H groups in total. The quantitative estimate of drug-likeness (QED) is 0.890. The van der Waals surface area contributed by atoms with E-state index in [2.05, 4.69) is 20.0 Å². The highest BCUT2D eigenvalue weighted by molar-refractivity contribution is 5.95. The number of aromatic nitrogens is 4. The molecule has 2 aliphatic heterocycles. The minimum atomic E-state index is -0.0704. The van der Waals surface area contributed by atoms with E-state index in [1.54, 1.807) is 11.1 Å². The van der Waals surface area contributed by atoms with Gasteiger partial charge in [-0.2, -0.15) is 5.10 Å².